The molecule has 0 spiro atoms. The zero-order valence-corrected chi connectivity index (χ0v) is 12.5. The van der Waals surface area contributed by atoms with Crippen LogP contribution in [0.1, 0.15) is 26.7 Å². The van der Waals surface area contributed by atoms with Crippen molar-refractivity contribution in [1.82, 2.24) is 0 Å². The van der Waals surface area contributed by atoms with Crippen LogP contribution in [-0.4, -0.2) is 34.9 Å². The molecule has 1 aromatic carbocycles. The van der Waals surface area contributed by atoms with Crippen LogP contribution in [0.3, 0.4) is 0 Å². The second-order valence-electron chi connectivity index (χ2n) is 4.87. The minimum Gasteiger partial charge on any atom is -0.394 e. The molecule has 3 N–H and O–H groups in total. The summed E-state index contributed by atoms with van der Waals surface area (Å²) in [4.78, 5) is 10.6. The largest absolute Gasteiger partial charge is 0.394 e. The van der Waals surface area contributed by atoms with Gasteiger partial charge in [0.2, 0.25) is 0 Å². The Balaban J connectivity index is 2.90. The molecule has 0 amide bonds. The lowest BCUT2D eigenvalue weighted by Crippen LogP contribution is -2.23. The molecule has 0 aliphatic rings. The zero-order chi connectivity index (χ0) is 15.8. The number of nitrogens with one attached hydrogen (secondary N) is 1. The number of hydroxylamine groups is 1. The van der Waals surface area contributed by atoms with Crippen molar-refractivity contribution in [2.75, 3.05) is 30.1 Å². The minimum atomic E-state index is -0.543. The Morgan fingerprint density at radius 1 is 1.38 bits per heavy atom. The van der Waals surface area contributed by atoms with Crippen LogP contribution in [0.15, 0.2) is 18.2 Å². The number of benzene rings is 1. The molecule has 7 heteroatoms. The van der Waals surface area contributed by atoms with E-state index in [1.165, 1.54) is 12.1 Å². The van der Waals surface area contributed by atoms with Crippen LogP contribution in [0, 0.1) is 16.0 Å². The van der Waals surface area contributed by atoms with Crippen molar-refractivity contribution in [3.8, 4) is 0 Å². The monoisotopic (exact) mass is 297 g/mol. The summed E-state index contributed by atoms with van der Waals surface area (Å²) in [5.74, 6) is 0.521. The molecule has 0 saturated heterocycles. The highest BCUT2D eigenvalue weighted by atomic mass is 16.6. The molecule has 0 atom stereocenters. The highest BCUT2D eigenvalue weighted by Crippen LogP contribution is 2.30. The summed E-state index contributed by atoms with van der Waals surface area (Å²) in [6, 6.07) is 4.56. The smallest absolute Gasteiger partial charge is 0.296 e. The van der Waals surface area contributed by atoms with Crippen LogP contribution in [-0.2, 0) is 0 Å². The third-order valence-corrected chi connectivity index (χ3v) is 3.51. The summed E-state index contributed by atoms with van der Waals surface area (Å²) in [5.41, 5.74) is 0.525. The maximum atomic E-state index is 11.1. The molecular formula is C14H23N3O4. The van der Waals surface area contributed by atoms with Crippen molar-refractivity contribution in [2.45, 2.75) is 26.7 Å². The lowest BCUT2D eigenvalue weighted by molar-refractivity contribution is -0.384. The van der Waals surface area contributed by atoms with Gasteiger partial charge in [0.1, 0.15) is 5.69 Å². The number of nitrogens with zero attached hydrogens (tertiary/aromatic N) is 2. The molecular weight excluding hydrogens is 274 g/mol. The predicted octanol–water partition coefficient (Wildman–Crippen LogP) is 2.63. The first-order valence-electron chi connectivity index (χ1n) is 7.13. The van der Waals surface area contributed by atoms with Gasteiger partial charge in [-0.1, -0.05) is 26.7 Å². The third-order valence-electron chi connectivity index (χ3n) is 3.51. The Labute approximate surface area is 124 Å². The Morgan fingerprint density at radius 3 is 2.57 bits per heavy atom. The van der Waals surface area contributed by atoms with Crippen LogP contribution in [0.25, 0.3) is 0 Å². The molecule has 1 aromatic rings. The summed E-state index contributed by atoms with van der Waals surface area (Å²) >= 11 is 0. The van der Waals surface area contributed by atoms with Gasteiger partial charge in [0.05, 0.1) is 18.1 Å². The second-order valence-corrected chi connectivity index (χ2v) is 4.87. The lowest BCUT2D eigenvalue weighted by atomic mass is 10.0. The number of hydrogen-bond donors (Lipinski definition) is 3. The summed E-state index contributed by atoms with van der Waals surface area (Å²) in [6.07, 6.45) is 2.09. The van der Waals surface area contributed by atoms with Gasteiger partial charge >= 0.3 is 0 Å². The average molecular weight is 297 g/mol. The average Bonchev–Trinajstić information content (AvgIpc) is 2.48. The molecule has 21 heavy (non-hydrogen) atoms. The van der Waals surface area contributed by atoms with E-state index >= 15 is 0 Å². The van der Waals surface area contributed by atoms with Crippen molar-refractivity contribution in [3.05, 3.63) is 28.3 Å². The van der Waals surface area contributed by atoms with Gasteiger partial charge in [-0.2, -0.15) is 0 Å². The molecule has 0 saturated carbocycles. The van der Waals surface area contributed by atoms with E-state index in [4.69, 9.17) is 5.11 Å². The van der Waals surface area contributed by atoms with Gasteiger partial charge in [0.15, 0.2) is 0 Å². The first kappa shape index (κ1) is 17.2. The van der Waals surface area contributed by atoms with Crippen molar-refractivity contribution in [1.29, 1.82) is 0 Å². The second kappa shape index (κ2) is 8.43. The molecule has 0 bridgehead atoms. The normalized spacial score (nSPS) is 10.7. The molecule has 0 unspecified atom stereocenters. The zero-order valence-electron chi connectivity index (χ0n) is 12.5. The van der Waals surface area contributed by atoms with Crippen molar-refractivity contribution >= 4 is 17.1 Å². The van der Waals surface area contributed by atoms with E-state index in [9.17, 15) is 15.3 Å². The van der Waals surface area contributed by atoms with Gasteiger partial charge in [0.25, 0.3) is 5.69 Å². The lowest BCUT2D eigenvalue weighted by Gasteiger charge is -2.17. The first-order valence-corrected chi connectivity index (χ1v) is 7.13. The van der Waals surface area contributed by atoms with Crippen LogP contribution in [0.2, 0.25) is 0 Å². The van der Waals surface area contributed by atoms with Crippen LogP contribution >= 0.6 is 0 Å². The number of nitro groups is 1. The highest BCUT2D eigenvalue weighted by molar-refractivity contribution is 5.68. The van der Waals surface area contributed by atoms with Gasteiger partial charge in [-0.25, -0.2) is 5.06 Å². The minimum absolute atomic E-state index is 0.0714. The molecule has 0 heterocycles. The molecule has 0 fully saturated rings. The fraction of sp³-hybridized carbons (Fsp3) is 0.571. The maximum absolute atomic E-state index is 11.1. The Hall–Kier alpha value is -1.86. The summed E-state index contributed by atoms with van der Waals surface area (Å²) in [5, 5.41) is 33.5. The number of rotatable bonds is 9. The van der Waals surface area contributed by atoms with E-state index in [0.29, 0.717) is 16.7 Å². The van der Waals surface area contributed by atoms with Crippen molar-refractivity contribution < 1.29 is 15.2 Å². The molecule has 7 nitrogen and oxygen atoms in total. The summed E-state index contributed by atoms with van der Waals surface area (Å²) in [7, 11) is 0. The van der Waals surface area contributed by atoms with E-state index in [-0.39, 0.29) is 24.5 Å². The first-order chi connectivity index (χ1) is 10.0. The van der Waals surface area contributed by atoms with Gasteiger partial charge in [-0.15, -0.1) is 0 Å². The van der Waals surface area contributed by atoms with Gasteiger partial charge in [0, 0.05) is 18.3 Å². The molecule has 118 valence electrons. The quantitative estimate of drug-likeness (QED) is 0.478. The maximum Gasteiger partial charge on any atom is 0.296 e. The summed E-state index contributed by atoms with van der Waals surface area (Å²) in [6.45, 7) is 4.60. The van der Waals surface area contributed by atoms with E-state index < -0.39 is 4.92 Å². The number of aliphatic hydroxyl groups excluding tert-OH is 1. The third kappa shape index (κ3) is 4.87. The van der Waals surface area contributed by atoms with E-state index in [1.54, 1.807) is 6.07 Å². The molecule has 0 radical (unpaired) electrons. The predicted molar refractivity (Wildman–Crippen MR) is 81.9 cm³/mol. The number of anilines is 2. The van der Waals surface area contributed by atoms with Crippen LogP contribution in [0.4, 0.5) is 17.1 Å². The van der Waals surface area contributed by atoms with Gasteiger partial charge in [-0.05, 0) is 18.1 Å². The van der Waals surface area contributed by atoms with E-state index in [0.717, 1.165) is 19.4 Å². The molecule has 1 rings (SSSR count). The molecule has 0 aliphatic carbocycles. The summed E-state index contributed by atoms with van der Waals surface area (Å²) < 4.78 is 0. The topological polar surface area (TPSA) is 98.9 Å². The fourth-order valence-corrected chi connectivity index (χ4v) is 2.05. The Bertz CT molecular complexity index is 464. The standard InChI is InChI=1S/C14H23N3O4/c1-3-11(4-2)10-15-12-5-6-13(16(19)7-8-18)14(9-12)17(20)21/h5-6,9,11,15,18-19H,3-4,7-8,10H2,1-2H3. The SMILES string of the molecule is CCC(CC)CNc1ccc(N(O)CCO)c([N+](=O)[O-])c1. The van der Waals surface area contributed by atoms with E-state index in [2.05, 4.69) is 19.2 Å². The molecule has 0 aliphatic heterocycles. The van der Waals surface area contributed by atoms with Crippen LogP contribution < -0.4 is 10.4 Å². The Morgan fingerprint density at radius 2 is 2.05 bits per heavy atom. The van der Waals surface area contributed by atoms with Crippen molar-refractivity contribution in [3.63, 3.8) is 0 Å². The van der Waals surface area contributed by atoms with E-state index in [1.807, 2.05) is 0 Å². The van der Waals surface area contributed by atoms with Gasteiger partial charge in [-0.3, -0.25) is 15.3 Å². The number of hydrogen-bond acceptors (Lipinski definition) is 6. The molecule has 0 aromatic heterocycles. The van der Waals surface area contributed by atoms with Crippen LogP contribution in [0.5, 0.6) is 0 Å². The Kier molecular flexibility index (Phi) is 6.90. The number of aliphatic hydroxyl groups is 1. The fourth-order valence-electron chi connectivity index (χ4n) is 2.05. The number of nitro benzene ring substituents is 1. The highest BCUT2D eigenvalue weighted by Gasteiger charge is 2.19. The van der Waals surface area contributed by atoms with Crippen molar-refractivity contribution in [2.24, 2.45) is 5.92 Å². The van der Waals surface area contributed by atoms with Gasteiger partial charge < -0.3 is 10.4 Å².